The molecule has 0 spiro atoms. The average molecular weight is 288 g/mol. The van der Waals surface area contributed by atoms with Gasteiger partial charge in [-0.15, -0.1) is 11.8 Å². The lowest BCUT2D eigenvalue weighted by Gasteiger charge is -2.16. The van der Waals surface area contributed by atoms with E-state index in [4.69, 9.17) is 4.74 Å². The first-order chi connectivity index (χ1) is 9.76. The van der Waals surface area contributed by atoms with Crippen LogP contribution in [0.15, 0.2) is 45.9 Å². The fraction of sp³-hybridized carbons (Fsp3) is 0.200. The average Bonchev–Trinajstić information content (AvgIpc) is 2.49. The standard InChI is InChI=1S/C15H16N2O2S/c1-11-14(12-3-5-13(19-2)6-4-12)7-8-20-15(11)17-9-16-10-18/h3-7,9-10H,8H2,1-2H3,(H,16,17,18). The van der Waals surface area contributed by atoms with Crippen LogP contribution in [0.1, 0.15) is 12.5 Å². The molecule has 5 heteroatoms. The lowest BCUT2D eigenvalue weighted by molar-refractivity contribution is -0.108. The van der Waals surface area contributed by atoms with Gasteiger partial charge in [0.05, 0.1) is 13.4 Å². The Kier molecular flexibility index (Phi) is 5.01. The summed E-state index contributed by atoms with van der Waals surface area (Å²) in [6.07, 6.45) is 4.21. The lowest BCUT2D eigenvalue weighted by atomic mass is 9.99. The van der Waals surface area contributed by atoms with Crippen LogP contribution in [0.25, 0.3) is 5.57 Å². The quantitative estimate of drug-likeness (QED) is 0.515. The third-order valence-corrected chi connectivity index (χ3v) is 3.98. The summed E-state index contributed by atoms with van der Waals surface area (Å²) in [5.41, 5.74) is 3.42. The Bertz CT molecular complexity index is 574. The van der Waals surface area contributed by atoms with E-state index in [1.54, 1.807) is 18.9 Å². The van der Waals surface area contributed by atoms with E-state index in [1.165, 1.54) is 11.9 Å². The number of rotatable bonds is 5. The molecular formula is C15H16N2O2S. The number of ether oxygens (including phenoxy) is 1. The second-order valence-electron chi connectivity index (χ2n) is 4.13. The van der Waals surface area contributed by atoms with Crippen LogP contribution < -0.4 is 10.1 Å². The Labute approximate surface area is 122 Å². The molecule has 0 atom stereocenters. The van der Waals surface area contributed by atoms with Crippen molar-refractivity contribution >= 4 is 30.1 Å². The maximum absolute atomic E-state index is 10.2. The molecule has 1 aromatic carbocycles. The third-order valence-electron chi connectivity index (χ3n) is 2.96. The highest BCUT2D eigenvalue weighted by molar-refractivity contribution is 8.03. The van der Waals surface area contributed by atoms with Crippen molar-refractivity contribution in [3.63, 3.8) is 0 Å². The maximum Gasteiger partial charge on any atom is 0.212 e. The fourth-order valence-corrected chi connectivity index (χ4v) is 2.81. The van der Waals surface area contributed by atoms with Crippen molar-refractivity contribution in [3.8, 4) is 5.75 Å². The van der Waals surface area contributed by atoms with Gasteiger partial charge >= 0.3 is 0 Å². The lowest BCUT2D eigenvalue weighted by Crippen LogP contribution is -2.07. The van der Waals surface area contributed by atoms with Gasteiger partial charge < -0.3 is 10.1 Å². The number of thioether (sulfide) groups is 1. The Morgan fingerprint density at radius 2 is 2.10 bits per heavy atom. The summed E-state index contributed by atoms with van der Waals surface area (Å²) in [7, 11) is 1.66. The SMILES string of the molecule is COc1ccc(C2=CCSC(/N=C\NC=O)=C2C)cc1. The molecule has 104 valence electrons. The molecule has 0 radical (unpaired) electrons. The van der Waals surface area contributed by atoms with E-state index in [-0.39, 0.29) is 0 Å². The fourth-order valence-electron chi connectivity index (χ4n) is 1.95. The maximum atomic E-state index is 10.2. The first-order valence-electron chi connectivity index (χ1n) is 6.17. The van der Waals surface area contributed by atoms with Gasteiger partial charge in [0.2, 0.25) is 6.41 Å². The van der Waals surface area contributed by atoms with Gasteiger partial charge in [-0.1, -0.05) is 18.2 Å². The smallest absolute Gasteiger partial charge is 0.212 e. The number of amides is 1. The molecule has 1 aliphatic rings. The second kappa shape index (κ2) is 6.96. The molecule has 1 heterocycles. The van der Waals surface area contributed by atoms with E-state index >= 15 is 0 Å². The summed E-state index contributed by atoms with van der Waals surface area (Å²) in [5, 5.41) is 3.35. The molecule has 0 bridgehead atoms. The molecule has 1 amide bonds. The molecule has 0 aliphatic carbocycles. The minimum absolute atomic E-state index is 0.604. The van der Waals surface area contributed by atoms with E-state index < -0.39 is 0 Å². The van der Waals surface area contributed by atoms with Crippen LogP contribution >= 0.6 is 11.8 Å². The highest BCUT2D eigenvalue weighted by Gasteiger charge is 2.14. The molecule has 2 rings (SSSR count). The predicted octanol–water partition coefficient (Wildman–Crippen LogP) is 2.83. The van der Waals surface area contributed by atoms with Crippen molar-refractivity contribution in [3.05, 3.63) is 46.5 Å². The van der Waals surface area contributed by atoms with Crippen molar-refractivity contribution in [1.29, 1.82) is 0 Å². The van der Waals surface area contributed by atoms with E-state index in [1.807, 2.05) is 31.2 Å². The van der Waals surface area contributed by atoms with Gasteiger partial charge in [0.15, 0.2) is 0 Å². The minimum atomic E-state index is 0.604. The van der Waals surface area contributed by atoms with E-state index in [2.05, 4.69) is 16.4 Å². The number of nitrogens with one attached hydrogen (secondary N) is 1. The summed E-state index contributed by atoms with van der Waals surface area (Å²) in [6.45, 7) is 2.04. The molecule has 20 heavy (non-hydrogen) atoms. The zero-order valence-corrected chi connectivity index (χ0v) is 12.2. The summed E-state index contributed by atoms with van der Waals surface area (Å²) in [4.78, 5) is 14.5. The number of carbonyl (C=O) groups excluding carboxylic acids is 1. The Morgan fingerprint density at radius 1 is 1.35 bits per heavy atom. The van der Waals surface area contributed by atoms with Gasteiger partial charge in [0, 0.05) is 5.75 Å². The number of aliphatic imine (C=N–C) groups is 1. The Hall–Kier alpha value is -2.01. The number of hydrogen-bond donors (Lipinski definition) is 1. The predicted molar refractivity (Wildman–Crippen MR) is 83.8 cm³/mol. The summed E-state index contributed by atoms with van der Waals surface area (Å²) >= 11 is 1.65. The molecule has 1 aliphatic heterocycles. The summed E-state index contributed by atoms with van der Waals surface area (Å²) in [6, 6.07) is 7.97. The van der Waals surface area contributed by atoms with Gasteiger partial charge in [0.1, 0.15) is 10.8 Å². The first kappa shape index (κ1) is 14.4. The van der Waals surface area contributed by atoms with Crippen molar-refractivity contribution in [2.45, 2.75) is 6.92 Å². The number of allylic oxidation sites excluding steroid dienone is 2. The van der Waals surface area contributed by atoms with Gasteiger partial charge in [-0.2, -0.15) is 0 Å². The van der Waals surface area contributed by atoms with Crippen LogP contribution in [-0.2, 0) is 4.79 Å². The van der Waals surface area contributed by atoms with Crippen LogP contribution in [0.4, 0.5) is 0 Å². The molecular weight excluding hydrogens is 272 g/mol. The van der Waals surface area contributed by atoms with Crippen molar-refractivity contribution in [2.24, 2.45) is 4.99 Å². The number of hydrogen-bond acceptors (Lipinski definition) is 4. The summed E-state index contributed by atoms with van der Waals surface area (Å²) in [5.74, 6) is 1.71. The molecule has 1 N–H and O–H groups in total. The van der Waals surface area contributed by atoms with Crippen LogP contribution in [0.3, 0.4) is 0 Å². The van der Waals surface area contributed by atoms with E-state index in [9.17, 15) is 4.79 Å². The van der Waals surface area contributed by atoms with Gasteiger partial charge in [-0.25, -0.2) is 4.99 Å². The number of nitrogens with zero attached hydrogens (tertiary/aromatic N) is 1. The van der Waals surface area contributed by atoms with Crippen molar-refractivity contribution in [1.82, 2.24) is 5.32 Å². The topological polar surface area (TPSA) is 50.7 Å². The van der Waals surface area contributed by atoms with Crippen LogP contribution in [0.5, 0.6) is 5.75 Å². The highest BCUT2D eigenvalue weighted by Crippen LogP contribution is 2.36. The van der Waals surface area contributed by atoms with Gasteiger partial charge in [0.25, 0.3) is 0 Å². The van der Waals surface area contributed by atoms with E-state index in [0.717, 1.165) is 27.7 Å². The molecule has 0 fully saturated rings. The first-order valence-corrected chi connectivity index (χ1v) is 7.15. The summed E-state index contributed by atoms with van der Waals surface area (Å²) < 4.78 is 5.17. The second-order valence-corrected chi connectivity index (χ2v) is 5.14. The van der Waals surface area contributed by atoms with Crippen molar-refractivity contribution < 1.29 is 9.53 Å². The zero-order valence-electron chi connectivity index (χ0n) is 11.4. The van der Waals surface area contributed by atoms with Crippen LogP contribution in [0, 0.1) is 0 Å². The normalized spacial score (nSPS) is 15.2. The number of benzene rings is 1. The highest BCUT2D eigenvalue weighted by atomic mass is 32.2. The third kappa shape index (κ3) is 3.30. The van der Waals surface area contributed by atoms with Crippen LogP contribution in [-0.4, -0.2) is 25.6 Å². The largest absolute Gasteiger partial charge is 0.497 e. The molecule has 0 saturated heterocycles. The molecule has 0 unspecified atom stereocenters. The zero-order chi connectivity index (χ0) is 14.4. The van der Waals surface area contributed by atoms with Crippen LogP contribution in [0.2, 0.25) is 0 Å². The molecule has 1 aromatic rings. The van der Waals surface area contributed by atoms with Gasteiger partial charge in [-0.3, -0.25) is 4.79 Å². The molecule has 0 saturated carbocycles. The number of carbonyl (C=O) groups is 1. The molecule has 0 aromatic heterocycles. The monoisotopic (exact) mass is 288 g/mol. The molecule has 4 nitrogen and oxygen atoms in total. The van der Waals surface area contributed by atoms with Gasteiger partial charge in [-0.05, 0) is 35.8 Å². The Morgan fingerprint density at radius 3 is 2.75 bits per heavy atom. The van der Waals surface area contributed by atoms with Crippen molar-refractivity contribution in [2.75, 3.05) is 12.9 Å². The minimum Gasteiger partial charge on any atom is -0.497 e. The van der Waals surface area contributed by atoms with E-state index in [0.29, 0.717) is 6.41 Å². The Balaban J connectivity index is 2.26. The number of methoxy groups -OCH3 is 1.